The van der Waals surface area contributed by atoms with Gasteiger partial charge in [0, 0.05) is 15.5 Å². The lowest BCUT2D eigenvalue weighted by Gasteiger charge is -2.16. The van der Waals surface area contributed by atoms with Crippen LogP contribution in [0.1, 0.15) is 36.1 Å². The number of hydrogen-bond donors (Lipinski definition) is 1. The van der Waals surface area contributed by atoms with E-state index < -0.39 is 17.2 Å². The van der Waals surface area contributed by atoms with Crippen LogP contribution < -0.4 is 0 Å². The van der Waals surface area contributed by atoms with E-state index in [1.165, 1.54) is 6.07 Å². The van der Waals surface area contributed by atoms with E-state index in [1.807, 2.05) is 20.8 Å². The van der Waals surface area contributed by atoms with Crippen LogP contribution in [0.4, 0.5) is 4.39 Å². The summed E-state index contributed by atoms with van der Waals surface area (Å²) in [7, 11) is 0. The lowest BCUT2D eigenvalue weighted by Crippen LogP contribution is -2.16. The van der Waals surface area contributed by atoms with Gasteiger partial charge < -0.3 is 5.11 Å². The molecule has 0 bridgehead atoms. The molecule has 0 unspecified atom stereocenters. The second-order valence-electron chi connectivity index (χ2n) is 5.38. The maximum Gasteiger partial charge on any atom is 0.347 e. The summed E-state index contributed by atoms with van der Waals surface area (Å²) in [4.78, 5) is 15.8. The smallest absolute Gasteiger partial charge is 0.347 e. The van der Waals surface area contributed by atoms with E-state index in [2.05, 4.69) is 20.9 Å². The summed E-state index contributed by atoms with van der Waals surface area (Å²) in [6.07, 6.45) is 0. The van der Waals surface area contributed by atoms with Gasteiger partial charge in [0.2, 0.25) is 0 Å². The molecule has 106 valence electrons. The van der Waals surface area contributed by atoms with Crippen LogP contribution in [-0.4, -0.2) is 16.1 Å². The maximum absolute atomic E-state index is 13.9. The predicted octanol–water partition coefficient (Wildman–Crippen LogP) is 4.71. The van der Waals surface area contributed by atoms with Gasteiger partial charge in [-0.1, -0.05) is 36.7 Å². The third kappa shape index (κ3) is 2.91. The topological polar surface area (TPSA) is 50.2 Å². The van der Waals surface area contributed by atoms with Crippen molar-refractivity contribution >= 4 is 33.2 Å². The number of rotatable bonds is 2. The first-order valence-corrected chi connectivity index (χ1v) is 7.51. The van der Waals surface area contributed by atoms with Crippen molar-refractivity contribution in [2.45, 2.75) is 26.2 Å². The highest BCUT2D eigenvalue weighted by Crippen LogP contribution is 2.36. The van der Waals surface area contributed by atoms with Gasteiger partial charge in [-0.15, -0.1) is 11.3 Å². The zero-order chi connectivity index (χ0) is 15.1. The van der Waals surface area contributed by atoms with Gasteiger partial charge in [0.25, 0.3) is 0 Å². The second kappa shape index (κ2) is 5.26. The third-order valence-corrected chi connectivity index (χ3v) is 4.26. The van der Waals surface area contributed by atoms with Crippen LogP contribution in [0.5, 0.6) is 0 Å². The molecule has 1 aromatic heterocycles. The maximum atomic E-state index is 13.9. The van der Waals surface area contributed by atoms with Gasteiger partial charge in [-0.3, -0.25) is 0 Å². The Hall–Kier alpha value is -1.27. The Kier molecular flexibility index (Phi) is 3.97. The number of carbonyl (C=O) groups is 1. The Morgan fingerprint density at radius 2 is 2.05 bits per heavy atom. The van der Waals surface area contributed by atoms with Gasteiger partial charge in [-0.25, -0.2) is 14.2 Å². The van der Waals surface area contributed by atoms with Crippen LogP contribution in [0.15, 0.2) is 22.7 Å². The summed E-state index contributed by atoms with van der Waals surface area (Å²) < 4.78 is 14.6. The molecule has 0 radical (unpaired) electrons. The van der Waals surface area contributed by atoms with E-state index in [1.54, 1.807) is 12.1 Å². The molecule has 1 N–H and O–H groups in total. The van der Waals surface area contributed by atoms with Crippen molar-refractivity contribution in [2.24, 2.45) is 0 Å². The quantitative estimate of drug-likeness (QED) is 0.846. The van der Waals surface area contributed by atoms with E-state index in [-0.39, 0.29) is 4.88 Å². The fourth-order valence-electron chi connectivity index (χ4n) is 1.75. The van der Waals surface area contributed by atoms with Crippen molar-refractivity contribution in [2.75, 3.05) is 0 Å². The average Bonchev–Trinajstić information content (AvgIpc) is 2.77. The average molecular weight is 358 g/mol. The summed E-state index contributed by atoms with van der Waals surface area (Å²) in [5, 5.41) is 9.66. The largest absolute Gasteiger partial charge is 0.477 e. The SMILES string of the molecule is CC(C)(C)c1nc(-c2cc(Br)ccc2F)sc1C(=O)O. The monoisotopic (exact) mass is 357 g/mol. The number of benzene rings is 1. The lowest BCUT2D eigenvalue weighted by atomic mass is 9.91. The summed E-state index contributed by atoms with van der Waals surface area (Å²) in [5.74, 6) is -1.45. The first-order valence-electron chi connectivity index (χ1n) is 5.90. The number of hydrogen-bond acceptors (Lipinski definition) is 3. The molecule has 2 rings (SSSR count). The van der Waals surface area contributed by atoms with Crippen molar-refractivity contribution in [1.82, 2.24) is 4.98 Å². The molecule has 3 nitrogen and oxygen atoms in total. The molecule has 2 aromatic rings. The molecule has 0 aliphatic heterocycles. The summed E-state index contributed by atoms with van der Waals surface area (Å²) in [6.45, 7) is 5.65. The minimum absolute atomic E-state index is 0.159. The van der Waals surface area contributed by atoms with Crippen LogP contribution in [0.3, 0.4) is 0 Å². The summed E-state index contributed by atoms with van der Waals surface area (Å²) in [6, 6.07) is 4.53. The molecule has 0 aliphatic rings. The Morgan fingerprint density at radius 1 is 1.40 bits per heavy atom. The van der Waals surface area contributed by atoms with E-state index in [9.17, 15) is 14.3 Å². The van der Waals surface area contributed by atoms with Gasteiger partial charge in [-0.2, -0.15) is 0 Å². The van der Waals surface area contributed by atoms with Gasteiger partial charge in [-0.05, 0) is 18.2 Å². The highest BCUT2D eigenvalue weighted by molar-refractivity contribution is 9.10. The molecular weight excluding hydrogens is 345 g/mol. The Morgan fingerprint density at radius 3 is 2.55 bits per heavy atom. The van der Waals surface area contributed by atoms with Crippen molar-refractivity contribution in [3.05, 3.63) is 39.1 Å². The normalized spacial score (nSPS) is 11.7. The first kappa shape index (κ1) is 15.1. The summed E-state index contributed by atoms with van der Waals surface area (Å²) >= 11 is 4.28. The molecule has 1 aromatic carbocycles. The molecule has 0 saturated heterocycles. The van der Waals surface area contributed by atoms with Crippen LogP contribution >= 0.6 is 27.3 Å². The minimum Gasteiger partial charge on any atom is -0.477 e. The van der Waals surface area contributed by atoms with E-state index in [0.717, 1.165) is 15.8 Å². The number of aromatic carboxylic acids is 1. The minimum atomic E-state index is -1.03. The van der Waals surface area contributed by atoms with Crippen LogP contribution in [0.2, 0.25) is 0 Å². The molecule has 0 amide bonds. The van der Waals surface area contributed by atoms with E-state index in [0.29, 0.717) is 16.3 Å². The van der Waals surface area contributed by atoms with Crippen molar-refractivity contribution < 1.29 is 14.3 Å². The molecule has 1 heterocycles. The number of aromatic nitrogens is 1. The van der Waals surface area contributed by atoms with Crippen LogP contribution in [0, 0.1) is 5.82 Å². The molecule has 0 saturated carbocycles. The Labute approximate surface area is 128 Å². The van der Waals surface area contributed by atoms with Gasteiger partial charge >= 0.3 is 5.97 Å². The third-order valence-electron chi connectivity index (χ3n) is 2.69. The number of carboxylic acids is 1. The van der Waals surface area contributed by atoms with Crippen molar-refractivity contribution in [1.29, 1.82) is 0 Å². The molecule has 0 aliphatic carbocycles. The predicted molar refractivity (Wildman–Crippen MR) is 80.9 cm³/mol. The van der Waals surface area contributed by atoms with Crippen molar-refractivity contribution in [3.63, 3.8) is 0 Å². The standard InChI is InChI=1S/C14H13BrFNO2S/c1-14(2,3)11-10(13(18)19)20-12(17-11)8-6-7(15)4-5-9(8)16/h4-6H,1-3H3,(H,18,19). The second-order valence-corrected chi connectivity index (χ2v) is 7.29. The number of carboxylic acid groups (broad SMARTS) is 1. The van der Waals surface area contributed by atoms with E-state index >= 15 is 0 Å². The fraction of sp³-hybridized carbons (Fsp3) is 0.286. The van der Waals surface area contributed by atoms with Crippen LogP contribution in [0.25, 0.3) is 10.6 Å². The number of nitrogens with zero attached hydrogens (tertiary/aromatic N) is 1. The van der Waals surface area contributed by atoms with Gasteiger partial charge in [0.05, 0.1) is 5.69 Å². The molecule has 0 atom stereocenters. The Bertz CT molecular complexity index is 676. The van der Waals surface area contributed by atoms with Crippen molar-refractivity contribution in [3.8, 4) is 10.6 Å². The fourth-order valence-corrected chi connectivity index (χ4v) is 3.24. The molecule has 6 heteroatoms. The first-order chi connectivity index (χ1) is 9.20. The summed E-state index contributed by atoms with van der Waals surface area (Å²) in [5.41, 5.74) is 0.372. The molecule has 20 heavy (non-hydrogen) atoms. The van der Waals surface area contributed by atoms with Gasteiger partial charge in [0.1, 0.15) is 15.7 Å². The molecular formula is C14H13BrFNO2S. The number of halogens is 2. The van der Waals surface area contributed by atoms with Gasteiger partial charge in [0.15, 0.2) is 0 Å². The zero-order valence-corrected chi connectivity index (χ0v) is 13.6. The van der Waals surface area contributed by atoms with Crippen LogP contribution in [-0.2, 0) is 5.41 Å². The number of thiazole rings is 1. The Balaban J connectivity index is 2.65. The zero-order valence-electron chi connectivity index (χ0n) is 11.2. The van der Waals surface area contributed by atoms with E-state index in [4.69, 9.17) is 0 Å². The molecule has 0 spiro atoms. The molecule has 0 fully saturated rings. The lowest BCUT2D eigenvalue weighted by molar-refractivity contribution is 0.0699. The highest BCUT2D eigenvalue weighted by atomic mass is 79.9. The highest BCUT2D eigenvalue weighted by Gasteiger charge is 2.28.